The first-order valence-corrected chi connectivity index (χ1v) is 9.82. The molecule has 4 rings (SSSR count). The van der Waals surface area contributed by atoms with Gasteiger partial charge in [-0.2, -0.15) is 13.2 Å². The molecule has 4 aromatic rings. The molecular weight excluding hydrogens is 401 g/mol. The standard InChI is InChI=1S/C22H15F3O3S/c1-29-21-12-13(2-8-18(21)26)20-11-14-10-17(7-9-19(14)28-20)27-16-5-3-15(4-6-16)22(23,24)25/h2-12,26H,1H3. The summed E-state index contributed by atoms with van der Waals surface area (Å²) in [6.45, 7) is 0. The third-order valence-electron chi connectivity index (χ3n) is 4.37. The molecule has 0 aliphatic heterocycles. The van der Waals surface area contributed by atoms with E-state index in [1.807, 2.05) is 18.4 Å². The van der Waals surface area contributed by atoms with E-state index >= 15 is 0 Å². The van der Waals surface area contributed by atoms with E-state index < -0.39 is 11.7 Å². The molecule has 3 nitrogen and oxygen atoms in total. The van der Waals surface area contributed by atoms with Crippen LogP contribution in [0.15, 0.2) is 76.0 Å². The summed E-state index contributed by atoms with van der Waals surface area (Å²) < 4.78 is 49.6. The number of phenols is 1. The molecule has 1 aromatic heterocycles. The molecule has 0 fully saturated rings. The van der Waals surface area contributed by atoms with Crippen molar-refractivity contribution in [2.45, 2.75) is 11.1 Å². The summed E-state index contributed by atoms with van der Waals surface area (Å²) in [6, 6.07) is 16.8. The van der Waals surface area contributed by atoms with Gasteiger partial charge in [-0.1, -0.05) is 0 Å². The molecule has 0 aliphatic carbocycles. The van der Waals surface area contributed by atoms with E-state index in [-0.39, 0.29) is 5.75 Å². The van der Waals surface area contributed by atoms with Crippen LogP contribution in [0.2, 0.25) is 0 Å². The molecule has 148 valence electrons. The van der Waals surface area contributed by atoms with E-state index in [0.29, 0.717) is 22.8 Å². The number of benzene rings is 3. The molecule has 0 atom stereocenters. The molecule has 0 saturated heterocycles. The Bertz CT molecular complexity index is 1160. The first-order valence-electron chi connectivity index (χ1n) is 8.59. The number of halogens is 3. The number of alkyl halides is 3. The summed E-state index contributed by atoms with van der Waals surface area (Å²) in [5.41, 5.74) is 0.755. The van der Waals surface area contributed by atoms with Crippen molar-refractivity contribution in [3.63, 3.8) is 0 Å². The second-order valence-electron chi connectivity index (χ2n) is 6.32. The van der Waals surface area contributed by atoms with Gasteiger partial charge in [0.25, 0.3) is 0 Å². The second kappa shape index (κ2) is 7.40. The highest BCUT2D eigenvalue weighted by Crippen LogP contribution is 2.36. The van der Waals surface area contributed by atoms with Crippen molar-refractivity contribution < 1.29 is 27.4 Å². The molecule has 3 aromatic carbocycles. The molecule has 0 spiro atoms. The fraction of sp³-hybridized carbons (Fsp3) is 0.0909. The summed E-state index contributed by atoms with van der Waals surface area (Å²) in [4.78, 5) is 0.745. The quantitative estimate of drug-likeness (QED) is 0.354. The molecule has 0 radical (unpaired) electrons. The highest BCUT2D eigenvalue weighted by atomic mass is 32.2. The Kier molecular flexibility index (Phi) is 4.92. The van der Waals surface area contributed by atoms with Crippen molar-refractivity contribution in [2.24, 2.45) is 0 Å². The van der Waals surface area contributed by atoms with Crippen molar-refractivity contribution in [3.8, 4) is 28.6 Å². The van der Waals surface area contributed by atoms with Gasteiger partial charge in [-0.15, -0.1) is 11.8 Å². The molecule has 1 heterocycles. The number of fused-ring (bicyclic) bond motifs is 1. The van der Waals surface area contributed by atoms with Gasteiger partial charge in [0, 0.05) is 15.8 Å². The Morgan fingerprint density at radius 2 is 1.62 bits per heavy atom. The maximum atomic E-state index is 12.7. The van der Waals surface area contributed by atoms with E-state index in [1.54, 1.807) is 30.3 Å². The lowest BCUT2D eigenvalue weighted by Gasteiger charge is -2.09. The number of furan rings is 1. The van der Waals surface area contributed by atoms with Crippen LogP contribution in [0.5, 0.6) is 17.2 Å². The number of rotatable bonds is 4. The Morgan fingerprint density at radius 1 is 0.897 bits per heavy atom. The predicted octanol–water partition coefficient (Wildman–Crippen LogP) is 7.34. The average molecular weight is 416 g/mol. The van der Waals surface area contributed by atoms with Gasteiger partial charge in [-0.25, -0.2) is 0 Å². The zero-order chi connectivity index (χ0) is 20.6. The Labute approximate surface area is 168 Å². The molecule has 0 saturated carbocycles. The number of hydrogen-bond donors (Lipinski definition) is 1. The average Bonchev–Trinajstić information content (AvgIpc) is 3.11. The molecule has 1 N–H and O–H groups in total. The summed E-state index contributed by atoms with van der Waals surface area (Å²) in [7, 11) is 0. The van der Waals surface area contributed by atoms with E-state index in [4.69, 9.17) is 9.15 Å². The predicted molar refractivity (Wildman–Crippen MR) is 107 cm³/mol. The first-order chi connectivity index (χ1) is 13.8. The van der Waals surface area contributed by atoms with Crippen LogP contribution in [0.4, 0.5) is 13.2 Å². The second-order valence-corrected chi connectivity index (χ2v) is 7.17. The Morgan fingerprint density at radius 3 is 2.31 bits per heavy atom. The fourth-order valence-electron chi connectivity index (χ4n) is 2.91. The molecule has 29 heavy (non-hydrogen) atoms. The first kappa shape index (κ1) is 19.3. The smallest absolute Gasteiger partial charge is 0.416 e. The summed E-state index contributed by atoms with van der Waals surface area (Å²) >= 11 is 1.44. The Hall–Kier alpha value is -3.06. The van der Waals surface area contributed by atoms with E-state index in [0.717, 1.165) is 28.0 Å². The van der Waals surface area contributed by atoms with Crippen molar-refractivity contribution in [1.82, 2.24) is 0 Å². The summed E-state index contributed by atoms with van der Waals surface area (Å²) in [5, 5.41) is 10.6. The van der Waals surface area contributed by atoms with Crippen molar-refractivity contribution in [1.29, 1.82) is 0 Å². The van der Waals surface area contributed by atoms with Gasteiger partial charge in [0.1, 0.15) is 28.6 Å². The molecule has 0 amide bonds. The van der Waals surface area contributed by atoms with Crippen LogP contribution in [-0.2, 0) is 6.18 Å². The number of hydrogen-bond acceptors (Lipinski definition) is 4. The van der Waals surface area contributed by atoms with Crippen LogP contribution in [-0.4, -0.2) is 11.4 Å². The van der Waals surface area contributed by atoms with Gasteiger partial charge < -0.3 is 14.3 Å². The number of phenolic OH excluding ortho intramolecular Hbond substituents is 1. The lowest BCUT2D eigenvalue weighted by atomic mass is 10.1. The lowest BCUT2D eigenvalue weighted by molar-refractivity contribution is -0.137. The number of thioether (sulfide) groups is 1. The minimum absolute atomic E-state index is 0.213. The van der Waals surface area contributed by atoms with E-state index in [2.05, 4.69) is 0 Å². The SMILES string of the molecule is CSc1cc(-c2cc3cc(Oc4ccc(C(F)(F)F)cc4)ccc3o2)ccc1O. The normalized spacial score (nSPS) is 11.7. The van der Waals surface area contributed by atoms with Gasteiger partial charge in [0.15, 0.2) is 0 Å². The third-order valence-corrected chi connectivity index (χ3v) is 5.14. The van der Waals surface area contributed by atoms with Crippen molar-refractivity contribution in [2.75, 3.05) is 6.26 Å². The van der Waals surface area contributed by atoms with Gasteiger partial charge in [-0.3, -0.25) is 0 Å². The number of ether oxygens (including phenoxy) is 1. The Balaban J connectivity index is 1.60. The van der Waals surface area contributed by atoms with Gasteiger partial charge in [-0.05, 0) is 73.0 Å². The lowest BCUT2D eigenvalue weighted by Crippen LogP contribution is -2.03. The maximum absolute atomic E-state index is 12.7. The summed E-state index contributed by atoms with van der Waals surface area (Å²) in [5.74, 6) is 1.65. The largest absolute Gasteiger partial charge is 0.507 e. The minimum Gasteiger partial charge on any atom is -0.507 e. The zero-order valence-corrected chi connectivity index (χ0v) is 16.0. The van der Waals surface area contributed by atoms with Crippen LogP contribution >= 0.6 is 11.8 Å². The van der Waals surface area contributed by atoms with Crippen LogP contribution < -0.4 is 4.74 Å². The molecule has 7 heteroatoms. The molecular formula is C22H15F3O3S. The van der Waals surface area contributed by atoms with Crippen molar-refractivity contribution >= 4 is 22.7 Å². The van der Waals surface area contributed by atoms with Crippen LogP contribution in [0, 0.1) is 0 Å². The van der Waals surface area contributed by atoms with E-state index in [9.17, 15) is 18.3 Å². The van der Waals surface area contributed by atoms with Gasteiger partial charge in [0.2, 0.25) is 0 Å². The summed E-state index contributed by atoms with van der Waals surface area (Å²) in [6.07, 6.45) is -2.50. The molecule has 0 bridgehead atoms. The molecule has 0 aliphatic rings. The van der Waals surface area contributed by atoms with Crippen LogP contribution in [0.25, 0.3) is 22.3 Å². The fourth-order valence-corrected chi connectivity index (χ4v) is 3.43. The molecule has 0 unspecified atom stereocenters. The minimum atomic E-state index is -4.38. The van der Waals surface area contributed by atoms with Crippen molar-refractivity contribution in [3.05, 3.63) is 72.3 Å². The van der Waals surface area contributed by atoms with Crippen LogP contribution in [0.3, 0.4) is 0 Å². The zero-order valence-electron chi connectivity index (χ0n) is 15.2. The maximum Gasteiger partial charge on any atom is 0.416 e. The van der Waals surface area contributed by atoms with Gasteiger partial charge in [0.05, 0.1) is 5.56 Å². The van der Waals surface area contributed by atoms with E-state index in [1.165, 1.54) is 23.9 Å². The highest BCUT2D eigenvalue weighted by molar-refractivity contribution is 7.98. The third kappa shape index (κ3) is 4.05. The van der Waals surface area contributed by atoms with Crippen LogP contribution in [0.1, 0.15) is 5.56 Å². The monoisotopic (exact) mass is 416 g/mol. The highest BCUT2D eigenvalue weighted by Gasteiger charge is 2.30. The van der Waals surface area contributed by atoms with Gasteiger partial charge >= 0.3 is 6.18 Å². The number of aromatic hydroxyl groups is 1. The topological polar surface area (TPSA) is 42.6 Å².